The van der Waals surface area contributed by atoms with Crippen molar-refractivity contribution < 1.29 is 0 Å². The average Bonchev–Trinajstić information content (AvgIpc) is 3.40. The molecule has 6 nitrogen and oxygen atoms in total. The second kappa shape index (κ2) is 15.3. The van der Waals surface area contributed by atoms with Gasteiger partial charge in [0.1, 0.15) is 10.0 Å². The minimum atomic E-state index is -0.468. The number of nitrogens with zero attached hydrogens (tertiary/aromatic N) is 3. The summed E-state index contributed by atoms with van der Waals surface area (Å²) < 4.78 is 1.23. The van der Waals surface area contributed by atoms with Crippen LogP contribution >= 0.6 is 104 Å². The van der Waals surface area contributed by atoms with E-state index in [-0.39, 0.29) is 27.5 Å². The van der Waals surface area contributed by atoms with Gasteiger partial charge < -0.3 is 0 Å². The van der Waals surface area contributed by atoms with Crippen molar-refractivity contribution in [3.63, 3.8) is 0 Å². The van der Waals surface area contributed by atoms with Crippen molar-refractivity contribution in [1.82, 2.24) is 20.0 Å². The molecule has 0 saturated carbocycles. The van der Waals surface area contributed by atoms with Gasteiger partial charge in [0.05, 0.1) is 44.9 Å². The molecule has 0 aliphatic rings. The molecule has 4 aromatic heterocycles. The molecule has 0 spiro atoms. The van der Waals surface area contributed by atoms with Gasteiger partial charge in [-0.05, 0) is 22.9 Å². The highest BCUT2D eigenvalue weighted by Crippen LogP contribution is 2.24. The molecule has 4 heterocycles. The predicted molar refractivity (Wildman–Crippen MR) is 147 cm³/mol. The molecule has 0 radical (unpaired) electrons. The maximum atomic E-state index is 11.7. The SMILES string of the molecule is C.ClCc1sccc1Cl.O=c1[nH]ncc(Cl)c1Cl.O=c1c(Cl)c(Cl)cnn1Cc1sccc1Cl. The van der Waals surface area contributed by atoms with E-state index in [1.165, 1.54) is 28.4 Å². The first-order chi connectivity index (χ1) is 15.6. The first kappa shape index (κ1) is 31.2. The van der Waals surface area contributed by atoms with E-state index in [4.69, 9.17) is 81.2 Å². The lowest BCUT2D eigenvalue weighted by molar-refractivity contribution is 0.646. The number of thiophene rings is 2. The lowest BCUT2D eigenvalue weighted by Crippen LogP contribution is -2.23. The van der Waals surface area contributed by atoms with Crippen molar-refractivity contribution in [2.24, 2.45) is 0 Å². The summed E-state index contributed by atoms with van der Waals surface area (Å²) in [7, 11) is 0. The Morgan fingerprint density at radius 2 is 1.38 bits per heavy atom. The Morgan fingerprint density at radius 3 is 1.82 bits per heavy atom. The maximum absolute atomic E-state index is 11.7. The fourth-order valence-electron chi connectivity index (χ4n) is 1.91. The topological polar surface area (TPSA) is 80.6 Å². The molecule has 1 N–H and O–H groups in total. The summed E-state index contributed by atoms with van der Waals surface area (Å²) >= 11 is 42.3. The molecular weight excluding hydrogens is 629 g/mol. The highest BCUT2D eigenvalue weighted by molar-refractivity contribution is 7.11. The number of nitrogens with one attached hydrogen (secondary N) is 1. The number of halogens is 7. The summed E-state index contributed by atoms with van der Waals surface area (Å²) in [5.74, 6) is 0.524. The minimum Gasteiger partial charge on any atom is -0.266 e. The zero-order valence-electron chi connectivity index (χ0n) is 16.0. The van der Waals surface area contributed by atoms with Crippen LogP contribution in [0.3, 0.4) is 0 Å². The number of aromatic amines is 1. The molecule has 4 aromatic rings. The molecule has 0 aliphatic heterocycles. The van der Waals surface area contributed by atoms with Gasteiger partial charge in [0.25, 0.3) is 11.1 Å². The van der Waals surface area contributed by atoms with Gasteiger partial charge in [-0.15, -0.1) is 34.3 Å². The lowest BCUT2D eigenvalue weighted by Gasteiger charge is -2.04. The lowest BCUT2D eigenvalue weighted by atomic mass is 10.4. The van der Waals surface area contributed by atoms with E-state index in [2.05, 4.69) is 15.3 Å². The van der Waals surface area contributed by atoms with Crippen LogP contribution in [-0.4, -0.2) is 20.0 Å². The fourth-order valence-corrected chi connectivity index (χ4v) is 4.84. The molecule has 0 atom stereocenters. The van der Waals surface area contributed by atoms with E-state index in [0.29, 0.717) is 17.4 Å². The van der Waals surface area contributed by atoms with Gasteiger partial charge in [-0.2, -0.15) is 10.2 Å². The van der Waals surface area contributed by atoms with Crippen molar-refractivity contribution in [3.8, 4) is 0 Å². The van der Waals surface area contributed by atoms with Crippen LogP contribution in [0.1, 0.15) is 17.2 Å². The first-order valence-corrected chi connectivity index (χ1v) is 13.0. The molecule has 0 aliphatic carbocycles. The summed E-state index contributed by atoms with van der Waals surface area (Å²) in [4.78, 5) is 24.1. The number of hydrogen-bond donors (Lipinski definition) is 1. The van der Waals surface area contributed by atoms with Crippen LogP contribution in [0.15, 0.2) is 44.9 Å². The second-order valence-corrected chi connectivity index (χ2v) is 10.3. The maximum Gasteiger partial charge on any atom is 0.287 e. The largest absolute Gasteiger partial charge is 0.287 e. The van der Waals surface area contributed by atoms with Gasteiger partial charge in [-0.1, -0.05) is 77.0 Å². The van der Waals surface area contributed by atoms with Crippen molar-refractivity contribution in [3.05, 3.63) is 95.9 Å². The van der Waals surface area contributed by atoms with Crippen LogP contribution in [-0.2, 0) is 12.4 Å². The number of alkyl halides is 1. The molecule has 0 unspecified atom stereocenters. The van der Waals surface area contributed by atoms with Crippen LogP contribution < -0.4 is 11.1 Å². The Hall–Kier alpha value is -0.810. The van der Waals surface area contributed by atoms with E-state index in [1.54, 1.807) is 17.4 Å². The standard InChI is InChI=1S/C9H5Cl3N2OS.C5H4Cl2S.C4H2Cl2N2O.CH4/c10-5-1-2-16-7(5)4-14-9(15)8(12)6(11)3-13-14;6-3-5-4(7)1-2-8-5;5-2-1-7-8-4(9)3(2)6;/h1-3H,4H2;1-2H,3H2;1H,(H,8,9);1H4. The third-order valence-electron chi connectivity index (χ3n) is 3.49. The summed E-state index contributed by atoms with van der Waals surface area (Å²) in [6.07, 6.45) is 2.61. The van der Waals surface area contributed by atoms with Crippen molar-refractivity contribution in [2.75, 3.05) is 0 Å². The molecular formula is C19H15Cl7N4O2S2. The molecule has 0 bridgehead atoms. The Morgan fingerprint density at radius 1 is 0.824 bits per heavy atom. The zero-order valence-corrected chi connectivity index (χ0v) is 22.9. The zero-order chi connectivity index (χ0) is 24.5. The monoisotopic (exact) mass is 640 g/mol. The number of rotatable bonds is 3. The second-order valence-electron chi connectivity index (χ2n) is 5.65. The smallest absolute Gasteiger partial charge is 0.266 e. The van der Waals surface area contributed by atoms with E-state index < -0.39 is 11.1 Å². The molecule has 4 rings (SSSR count). The van der Waals surface area contributed by atoms with E-state index in [0.717, 1.165) is 14.8 Å². The van der Waals surface area contributed by atoms with Gasteiger partial charge >= 0.3 is 0 Å². The van der Waals surface area contributed by atoms with Gasteiger partial charge in [0.2, 0.25) is 0 Å². The van der Waals surface area contributed by atoms with Crippen LogP contribution in [0, 0.1) is 0 Å². The van der Waals surface area contributed by atoms with E-state index in [1.807, 2.05) is 16.8 Å². The quantitative estimate of drug-likeness (QED) is 0.229. The average molecular weight is 644 g/mol. The normalized spacial score (nSPS) is 9.85. The fraction of sp³-hybridized carbons (Fsp3) is 0.158. The molecule has 184 valence electrons. The third kappa shape index (κ3) is 9.00. The predicted octanol–water partition coefficient (Wildman–Crippen LogP) is 8.17. The van der Waals surface area contributed by atoms with Gasteiger partial charge in [-0.25, -0.2) is 9.78 Å². The van der Waals surface area contributed by atoms with Crippen LogP contribution in [0.2, 0.25) is 30.1 Å². The summed E-state index contributed by atoms with van der Waals surface area (Å²) in [5.41, 5.74) is -0.886. The van der Waals surface area contributed by atoms with Crippen molar-refractivity contribution in [1.29, 1.82) is 0 Å². The highest BCUT2D eigenvalue weighted by Gasteiger charge is 2.10. The Labute approximate surface area is 237 Å². The van der Waals surface area contributed by atoms with Gasteiger partial charge in [0.15, 0.2) is 0 Å². The summed E-state index contributed by atoms with van der Waals surface area (Å²) in [6.45, 7) is 0.298. The molecule has 34 heavy (non-hydrogen) atoms. The number of H-pyrrole nitrogens is 1. The number of aromatic nitrogens is 4. The first-order valence-electron chi connectivity index (χ1n) is 8.45. The minimum absolute atomic E-state index is 0. The van der Waals surface area contributed by atoms with E-state index >= 15 is 0 Å². The van der Waals surface area contributed by atoms with Gasteiger partial charge in [-0.3, -0.25) is 9.59 Å². The summed E-state index contributed by atoms with van der Waals surface area (Å²) in [5, 5.41) is 14.9. The Kier molecular flexibility index (Phi) is 14.1. The van der Waals surface area contributed by atoms with Crippen LogP contribution in [0.4, 0.5) is 0 Å². The highest BCUT2D eigenvalue weighted by atomic mass is 35.5. The van der Waals surface area contributed by atoms with E-state index in [9.17, 15) is 9.59 Å². The third-order valence-corrected chi connectivity index (χ3v) is 8.18. The summed E-state index contributed by atoms with van der Waals surface area (Å²) in [6, 6.07) is 3.62. The molecule has 0 aromatic carbocycles. The Balaban J connectivity index is 0.000000274. The Bertz CT molecular complexity index is 1320. The van der Waals surface area contributed by atoms with Crippen molar-refractivity contribution >= 4 is 104 Å². The molecule has 15 heteroatoms. The number of hydrogen-bond acceptors (Lipinski definition) is 6. The molecule has 0 fully saturated rings. The van der Waals surface area contributed by atoms with Crippen LogP contribution in [0.25, 0.3) is 0 Å². The van der Waals surface area contributed by atoms with Crippen LogP contribution in [0.5, 0.6) is 0 Å². The molecule has 0 saturated heterocycles. The van der Waals surface area contributed by atoms with Gasteiger partial charge in [0, 0.05) is 9.75 Å². The molecule has 0 amide bonds. The van der Waals surface area contributed by atoms with Crippen molar-refractivity contribution in [2.45, 2.75) is 19.9 Å².